The van der Waals surface area contributed by atoms with E-state index in [0.717, 1.165) is 0 Å². The van der Waals surface area contributed by atoms with Crippen LogP contribution < -0.4 is 0 Å². The van der Waals surface area contributed by atoms with Crippen molar-refractivity contribution in [2.45, 2.75) is 85.8 Å². The second-order valence-electron chi connectivity index (χ2n) is 8.46. The molecule has 1 aliphatic heterocycles. The Morgan fingerprint density at radius 2 is 1.25 bits per heavy atom. The third kappa shape index (κ3) is 5.48. The van der Waals surface area contributed by atoms with E-state index in [9.17, 15) is 89.0 Å². The molecule has 6 nitrogen and oxygen atoms in total. The Kier molecular flexibility index (Phi) is 7.72. The second-order valence-corrected chi connectivity index (χ2v) is 8.46. The third-order valence-electron chi connectivity index (χ3n) is 5.41. The van der Waals surface area contributed by atoms with Crippen LogP contribution in [0.4, 0.5) is 74.6 Å². The fraction of sp³-hybridized carbons (Fsp3) is 0.824. The molecule has 232 valence electrons. The molecule has 3 atom stereocenters. The van der Waals surface area contributed by atoms with Crippen molar-refractivity contribution in [3.8, 4) is 0 Å². The number of hydrogen-bond donors (Lipinski definition) is 0. The molecule has 0 bridgehead atoms. The first-order chi connectivity index (χ1) is 17.4. The smallest absolute Gasteiger partial charge is 0.396 e. The summed E-state index contributed by atoms with van der Waals surface area (Å²) >= 11 is 0. The number of imide groups is 1. The summed E-state index contributed by atoms with van der Waals surface area (Å²) in [6.45, 7) is 0. The summed E-state index contributed by atoms with van der Waals surface area (Å²) in [5.74, 6) is -23.1. The van der Waals surface area contributed by atoms with Gasteiger partial charge in [-0.25, -0.2) is 27.3 Å². The lowest BCUT2D eigenvalue weighted by molar-refractivity contribution is -0.417. The van der Waals surface area contributed by atoms with Crippen LogP contribution in [0.5, 0.6) is 0 Å². The lowest BCUT2D eigenvalue weighted by Crippen LogP contribution is -2.64. The van der Waals surface area contributed by atoms with Gasteiger partial charge in [0.1, 0.15) is 12.8 Å². The number of halogens is 17. The van der Waals surface area contributed by atoms with Crippen LogP contribution in [0, 0.1) is 0 Å². The van der Waals surface area contributed by atoms with Gasteiger partial charge in [0, 0.05) is 6.42 Å². The highest BCUT2D eigenvalue weighted by atomic mass is 19.4. The van der Waals surface area contributed by atoms with E-state index in [1.165, 1.54) is 0 Å². The Balaban J connectivity index is 2.38. The highest BCUT2D eigenvalue weighted by Gasteiger charge is 2.85. The molecule has 0 N–H and O–H groups in total. The fourth-order valence-electron chi connectivity index (χ4n) is 3.74. The molecule has 23 heteroatoms. The first kappa shape index (κ1) is 33.6. The van der Waals surface area contributed by atoms with Crippen LogP contribution in [0.1, 0.15) is 32.1 Å². The minimum absolute atomic E-state index is 1.11. The maximum Gasteiger partial charge on any atom is 0.460 e. The zero-order chi connectivity index (χ0) is 31.8. The largest absolute Gasteiger partial charge is 0.460 e. The number of likely N-dealkylation sites (tertiary alicyclic amines) is 1. The number of ether oxygens (including phenoxy) is 2. The number of carbonyl (C=O) groups excluding carboxylic acids is 3. The maximum absolute atomic E-state index is 14.9. The Morgan fingerprint density at radius 1 is 0.750 bits per heavy atom. The second kappa shape index (κ2) is 9.19. The van der Waals surface area contributed by atoms with Gasteiger partial charge in [0.2, 0.25) is 5.67 Å². The minimum atomic E-state index is -7.26. The summed E-state index contributed by atoms with van der Waals surface area (Å²) in [6.07, 6.45) is -38.2. The highest BCUT2D eigenvalue weighted by molar-refractivity contribution is 6.14. The molecule has 0 aromatic carbocycles. The van der Waals surface area contributed by atoms with Crippen molar-refractivity contribution < 1.29 is 98.5 Å². The van der Waals surface area contributed by atoms with E-state index in [1.54, 1.807) is 0 Å². The number of fused-ring (bicyclic) bond motifs is 1. The van der Waals surface area contributed by atoms with Crippen molar-refractivity contribution in [3.05, 3.63) is 0 Å². The first-order valence-corrected chi connectivity index (χ1v) is 9.93. The van der Waals surface area contributed by atoms with Crippen molar-refractivity contribution in [2.24, 2.45) is 0 Å². The van der Waals surface area contributed by atoms with Crippen LogP contribution in [0.3, 0.4) is 0 Å². The molecule has 0 aromatic rings. The van der Waals surface area contributed by atoms with E-state index in [2.05, 4.69) is 9.47 Å². The van der Waals surface area contributed by atoms with Gasteiger partial charge in [0.05, 0.1) is 0 Å². The van der Waals surface area contributed by atoms with Crippen molar-refractivity contribution in [2.75, 3.05) is 0 Å². The van der Waals surface area contributed by atoms with Gasteiger partial charge in [0.15, 0.2) is 0 Å². The Morgan fingerprint density at radius 3 is 1.68 bits per heavy atom. The molecule has 40 heavy (non-hydrogen) atoms. The van der Waals surface area contributed by atoms with Gasteiger partial charge >= 0.3 is 42.4 Å². The quantitative estimate of drug-likeness (QED) is 0.153. The molecule has 0 aromatic heterocycles. The summed E-state index contributed by atoms with van der Waals surface area (Å²) in [5, 5.41) is 0. The number of amides is 2. The lowest BCUT2D eigenvalue weighted by Gasteiger charge is -2.39. The number of hydrogen-bond acceptors (Lipinski definition) is 5. The Bertz CT molecular complexity index is 1060. The molecule has 1 heterocycles. The monoisotopic (exact) mass is 631 g/mol. The number of esters is 1. The number of nitrogens with zero attached hydrogens (tertiary/aromatic N) is 1. The summed E-state index contributed by atoms with van der Waals surface area (Å²) in [4.78, 5) is 33.2. The average Bonchev–Trinajstić information content (AvgIpc) is 2.82. The van der Waals surface area contributed by atoms with Crippen LogP contribution in [0.25, 0.3) is 0 Å². The molecule has 0 spiro atoms. The first-order valence-electron chi connectivity index (χ1n) is 9.93. The van der Waals surface area contributed by atoms with Crippen molar-refractivity contribution >= 4 is 17.8 Å². The number of carbonyl (C=O) groups is 3. The predicted molar refractivity (Wildman–Crippen MR) is 85.5 cm³/mol. The zero-order valence-corrected chi connectivity index (χ0v) is 18.4. The molecule has 1 saturated heterocycles. The molecule has 2 aliphatic rings. The molecule has 2 fully saturated rings. The maximum atomic E-state index is 14.9. The SMILES string of the molecule is O=C1N(C(F)(F)CC(F)(F)OC(=O)C(F)(OC(F)(F)CC(F)(F)F)C(F)(F)F)C(=O)C2(F)C(F)(F)CCCC12F. The number of alkyl halides is 17. The minimum Gasteiger partial charge on any atom is -0.396 e. The molecular formula is C17H10F17NO5. The lowest BCUT2D eigenvalue weighted by atomic mass is 9.73. The van der Waals surface area contributed by atoms with Crippen LogP contribution in [0.15, 0.2) is 0 Å². The molecule has 3 unspecified atom stereocenters. The van der Waals surface area contributed by atoms with E-state index in [0.29, 0.717) is 0 Å². The normalized spacial score (nSPS) is 27.9. The molecular weight excluding hydrogens is 621 g/mol. The van der Waals surface area contributed by atoms with Crippen LogP contribution in [0.2, 0.25) is 0 Å². The average molecular weight is 631 g/mol. The van der Waals surface area contributed by atoms with Crippen molar-refractivity contribution in [1.82, 2.24) is 4.90 Å². The zero-order valence-electron chi connectivity index (χ0n) is 18.4. The van der Waals surface area contributed by atoms with E-state index in [4.69, 9.17) is 0 Å². The summed E-state index contributed by atoms with van der Waals surface area (Å²) < 4.78 is 234. The summed E-state index contributed by atoms with van der Waals surface area (Å²) in [7, 11) is 0. The summed E-state index contributed by atoms with van der Waals surface area (Å²) in [5.41, 5.74) is -10.2. The Hall–Kier alpha value is -2.62. The van der Waals surface area contributed by atoms with Crippen molar-refractivity contribution in [3.63, 3.8) is 0 Å². The van der Waals surface area contributed by atoms with Gasteiger partial charge in [-0.2, -0.15) is 57.1 Å². The highest BCUT2D eigenvalue weighted by Crippen LogP contribution is 2.59. The van der Waals surface area contributed by atoms with E-state index in [-0.39, 0.29) is 0 Å². The topological polar surface area (TPSA) is 72.9 Å². The van der Waals surface area contributed by atoms with Gasteiger partial charge in [-0.1, -0.05) is 0 Å². The van der Waals surface area contributed by atoms with E-state index >= 15 is 0 Å². The number of rotatable bonds is 8. The molecule has 0 radical (unpaired) electrons. The molecule has 2 rings (SSSR count). The Labute approximate surface area is 208 Å². The van der Waals surface area contributed by atoms with Crippen LogP contribution in [-0.2, 0) is 23.9 Å². The van der Waals surface area contributed by atoms with Gasteiger partial charge in [-0.05, 0) is 12.8 Å². The predicted octanol–water partition coefficient (Wildman–Crippen LogP) is 5.50. The molecule has 1 aliphatic carbocycles. The fourth-order valence-corrected chi connectivity index (χ4v) is 3.74. The van der Waals surface area contributed by atoms with E-state index < -0.39 is 109 Å². The standard InChI is InChI=1S/C17H10F17NO5/c18-9-2-1-3-10(19,20)15(9,30)7(37)35(6(9)36)12(24,25)5-13(26,27)39-8(38)16(31,17(32,33)34)40-14(28,29)4-11(21,22)23/h1-5H2. The van der Waals surface area contributed by atoms with Crippen molar-refractivity contribution in [1.29, 1.82) is 0 Å². The summed E-state index contributed by atoms with van der Waals surface area (Å²) in [6, 6.07) is -6.12. The van der Waals surface area contributed by atoms with Gasteiger partial charge in [0.25, 0.3) is 23.4 Å². The van der Waals surface area contributed by atoms with Crippen LogP contribution in [-0.4, -0.2) is 76.4 Å². The van der Waals surface area contributed by atoms with Gasteiger partial charge < -0.3 is 4.74 Å². The van der Waals surface area contributed by atoms with E-state index in [1.807, 2.05) is 0 Å². The van der Waals surface area contributed by atoms with Gasteiger partial charge in [-0.3, -0.25) is 14.3 Å². The third-order valence-corrected chi connectivity index (χ3v) is 5.41. The van der Waals surface area contributed by atoms with Gasteiger partial charge in [-0.15, -0.1) is 0 Å². The molecule has 2 amide bonds. The molecule has 1 saturated carbocycles. The van der Waals surface area contributed by atoms with Crippen LogP contribution >= 0.6 is 0 Å².